The monoisotopic (exact) mass is 404 g/mol. The second kappa shape index (κ2) is 10.3. The van der Waals surface area contributed by atoms with E-state index in [-0.39, 0.29) is 24.7 Å². The summed E-state index contributed by atoms with van der Waals surface area (Å²) in [4.78, 5) is 25.0. The SMILES string of the molecule is COc1ccc(C(=O)COC(=O)CC(c2ccccc2)c2ccccc2)cc1OC. The van der Waals surface area contributed by atoms with Gasteiger partial charge in [0.05, 0.1) is 20.6 Å². The lowest BCUT2D eigenvalue weighted by atomic mass is 9.89. The van der Waals surface area contributed by atoms with E-state index in [0.29, 0.717) is 17.1 Å². The van der Waals surface area contributed by atoms with Gasteiger partial charge in [0.15, 0.2) is 23.9 Å². The van der Waals surface area contributed by atoms with Gasteiger partial charge in [0, 0.05) is 11.5 Å². The van der Waals surface area contributed by atoms with Crippen molar-refractivity contribution in [2.45, 2.75) is 12.3 Å². The van der Waals surface area contributed by atoms with E-state index in [1.165, 1.54) is 14.2 Å². The first kappa shape index (κ1) is 21.1. The summed E-state index contributed by atoms with van der Waals surface area (Å²) in [5, 5.41) is 0. The van der Waals surface area contributed by atoms with Gasteiger partial charge >= 0.3 is 5.97 Å². The lowest BCUT2D eigenvalue weighted by Crippen LogP contribution is -2.17. The number of carbonyl (C=O) groups is 2. The molecule has 0 radical (unpaired) electrons. The zero-order chi connectivity index (χ0) is 21.3. The Morgan fingerprint density at radius 1 is 0.767 bits per heavy atom. The van der Waals surface area contributed by atoms with Crippen molar-refractivity contribution < 1.29 is 23.8 Å². The van der Waals surface area contributed by atoms with Gasteiger partial charge in [-0.15, -0.1) is 0 Å². The molecular formula is C25H24O5. The number of carbonyl (C=O) groups excluding carboxylic acids is 2. The van der Waals surface area contributed by atoms with E-state index in [4.69, 9.17) is 14.2 Å². The minimum atomic E-state index is -0.429. The average Bonchev–Trinajstić information content (AvgIpc) is 2.81. The number of rotatable bonds is 9. The molecule has 0 atom stereocenters. The van der Waals surface area contributed by atoms with Crippen LogP contribution >= 0.6 is 0 Å². The fraction of sp³-hybridized carbons (Fsp3) is 0.200. The lowest BCUT2D eigenvalue weighted by molar-refractivity contribution is -0.142. The van der Waals surface area contributed by atoms with Crippen LogP contribution < -0.4 is 9.47 Å². The fourth-order valence-electron chi connectivity index (χ4n) is 3.26. The molecule has 3 rings (SSSR count). The predicted molar refractivity (Wildman–Crippen MR) is 114 cm³/mol. The van der Waals surface area contributed by atoms with E-state index in [1.807, 2.05) is 60.7 Å². The summed E-state index contributed by atoms with van der Waals surface area (Å²) in [6.45, 7) is -0.329. The van der Waals surface area contributed by atoms with Crippen LogP contribution in [0.5, 0.6) is 11.5 Å². The van der Waals surface area contributed by atoms with Crippen LogP contribution in [-0.2, 0) is 9.53 Å². The molecule has 0 saturated carbocycles. The van der Waals surface area contributed by atoms with Gasteiger partial charge in [-0.1, -0.05) is 60.7 Å². The topological polar surface area (TPSA) is 61.8 Å². The summed E-state index contributed by atoms with van der Waals surface area (Å²) in [6.07, 6.45) is 0.146. The van der Waals surface area contributed by atoms with Gasteiger partial charge < -0.3 is 14.2 Å². The number of Topliss-reactive ketones (excluding diaryl/α,β-unsaturated/α-hetero) is 1. The molecule has 0 aliphatic rings. The van der Waals surface area contributed by atoms with Crippen molar-refractivity contribution in [2.24, 2.45) is 0 Å². The molecule has 0 aliphatic carbocycles. The molecule has 0 heterocycles. The van der Waals surface area contributed by atoms with Crippen molar-refractivity contribution >= 4 is 11.8 Å². The molecule has 3 aromatic carbocycles. The molecule has 0 fully saturated rings. The van der Waals surface area contributed by atoms with Crippen molar-refractivity contribution in [1.29, 1.82) is 0 Å². The molecule has 0 unspecified atom stereocenters. The Bertz CT molecular complexity index is 943. The molecule has 0 spiro atoms. The van der Waals surface area contributed by atoms with Gasteiger partial charge in [-0.25, -0.2) is 0 Å². The summed E-state index contributed by atoms with van der Waals surface area (Å²) in [7, 11) is 3.02. The van der Waals surface area contributed by atoms with Gasteiger partial charge in [0.2, 0.25) is 0 Å². The zero-order valence-corrected chi connectivity index (χ0v) is 17.0. The van der Waals surface area contributed by atoms with Gasteiger partial charge in [0.1, 0.15) is 0 Å². The zero-order valence-electron chi connectivity index (χ0n) is 17.0. The summed E-state index contributed by atoms with van der Waals surface area (Å²) in [5.41, 5.74) is 2.43. The molecule has 154 valence electrons. The molecule has 0 saturated heterocycles. The van der Waals surface area contributed by atoms with E-state index in [2.05, 4.69) is 0 Å². The number of benzene rings is 3. The van der Waals surface area contributed by atoms with E-state index < -0.39 is 5.97 Å². The smallest absolute Gasteiger partial charge is 0.307 e. The van der Waals surface area contributed by atoms with Crippen LogP contribution in [-0.4, -0.2) is 32.6 Å². The van der Waals surface area contributed by atoms with Crippen molar-refractivity contribution in [3.63, 3.8) is 0 Å². The maximum atomic E-state index is 12.5. The van der Waals surface area contributed by atoms with Crippen LogP contribution in [0.25, 0.3) is 0 Å². The molecule has 0 aliphatic heterocycles. The lowest BCUT2D eigenvalue weighted by Gasteiger charge is -2.17. The fourth-order valence-corrected chi connectivity index (χ4v) is 3.26. The first-order valence-corrected chi connectivity index (χ1v) is 9.63. The Morgan fingerprint density at radius 3 is 1.87 bits per heavy atom. The number of esters is 1. The van der Waals surface area contributed by atoms with Crippen LogP contribution in [0, 0.1) is 0 Å². The highest BCUT2D eigenvalue weighted by Crippen LogP contribution is 2.29. The summed E-state index contributed by atoms with van der Waals surface area (Å²) >= 11 is 0. The second-order valence-corrected chi connectivity index (χ2v) is 6.73. The number of hydrogen-bond acceptors (Lipinski definition) is 5. The summed E-state index contributed by atoms with van der Waals surface area (Å²) in [6, 6.07) is 24.4. The minimum absolute atomic E-state index is 0.143. The first-order chi connectivity index (χ1) is 14.6. The predicted octanol–water partition coefficient (Wildman–Crippen LogP) is 4.65. The maximum absolute atomic E-state index is 12.5. The Balaban J connectivity index is 1.67. The van der Waals surface area contributed by atoms with E-state index >= 15 is 0 Å². The Labute approximate surface area is 176 Å². The van der Waals surface area contributed by atoms with Gasteiger partial charge in [-0.2, -0.15) is 0 Å². The van der Waals surface area contributed by atoms with E-state index in [0.717, 1.165) is 11.1 Å². The average molecular weight is 404 g/mol. The van der Waals surface area contributed by atoms with Gasteiger partial charge in [0.25, 0.3) is 0 Å². The third kappa shape index (κ3) is 5.26. The highest BCUT2D eigenvalue weighted by atomic mass is 16.5. The Kier molecular flexibility index (Phi) is 7.22. The molecule has 5 nitrogen and oxygen atoms in total. The van der Waals surface area contributed by atoms with Gasteiger partial charge in [-0.3, -0.25) is 9.59 Å². The van der Waals surface area contributed by atoms with Crippen molar-refractivity contribution in [2.75, 3.05) is 20.8 Å². The highest BCUT2D eigenvalue weighted by Gasteiger charge is 2.20. The molecule has 0 N–H and O–H groups in total. The number of methoxy groups -OCH3 is 2. The largest absolute Gasteiger partial charge is 0.493 e. The van der Waals surface area contributed by atoms with Crippen molar-refractivity contribution in [3.8, 4) is 11.5 Å². The van der Waals surface area contributed by atoms with Gasteiger partial charge in [-0.05, 0) is 29.3 Å². The standard InChI is InChI=1S/C25H24O5/c1-28-23-14-13-20(15-24(23)29-2)22(26)17-30-25(27)16-21(18-9-5-3-6-10-18)19-11-7-4-8-12-19/h3-15,21H,16-17H2,1-2H3. The summed E-state index contributed by atoms with van der Waals surface area (Å²) < 4.78 is 15.7. The molecule has 5 heteroatoms. The quantitative estimate of drug-likeness (QED) is 0.384. The summed E-state index contributed by atoms with van der Waals surface area (Å²) in [5.74, 6) is 0.0976. The minimum Gasteiger partial charge on any atom is -0.493 e. The third-order valence-electron chi connectivity index (χ3n) is 4.84. The first-order valence-electron chi connectivity index (χ1n) is 9.63. The molecule has 0 aromatic heterocycles. The molecule has 3 aromatic rings. The normalized spacial score (nSPS) is 10.5. The third-order valence-corrected chi connectivity index (χ3v) is 4.84. The van der Waals surface area contributed by atoms with E-state index in [1.54, 1.807) is 18.2 Å². The van der Waals surface area contributed by atoms with Crippen molar-refractivity contribution in [1.82, 2.24) is 0 Å². The molecule has 0 bridgehead atoms. The molecular weight excluding hydrogens is 380 g/mol. The maximum Gasteiger partial charge on any atom is 0.307 e. The van der Waals surface area contributed by atoms with Crippen LogP contribution in [0.1, 0.15) is 33.8 Å². The second-order valence-electron chi connectivity index (χ2n) is 6.73. The van der Waals surface area contributed by atoms with Crippen molar-refractivity contribution in [3.05, 3.63) is 95.6 Å². The number of hydrogen-bond donors (Lipinski definition) is 0. The van der Waals surface area contributed by atoms with Crippen LogP contribution in [0.3, 0.4) is 0 Å². The Morgan fingerprint density at radius 2 is 1.33 bits per heavy atom. The highest BCUT2D eigenvalue weighted by molar-refractivity contribution is 5.98. The Hall–Kier alpha value is -3.60. The van der Waals surface area contributed by atoms with Crippen LogP contribution in [0.15, 0.2) is 78.9 Å². The van der Waals surface area contributed by atoms with Crippen LogP contribution in [0.4, 0.5) is 0 Å². The molecule has 0 amide bonds. The van der Waals surface area contributed by atoms with Crippen LogP contribution in [0.2, 0.25) is 0 Å². The van der Waals surface area contributed by atoms with E-state index in [9.17, 15) is 9.59 Å². The number of ketones is 1. The molecule has 30 heavy (non-hydrogen) atoms. The number of ether oxygens (including phenoxy) is 3.